The Morgan fingerprint density at radius 2 is 1.92 bits per heavy atom. The van der Waals surface area contributed by atoms with Crippen molar-refractivity contribution >= 4 is 17.7 Å². The summed E-state index contributed by atoms with van der Waals surface area (Å²) < 4.78 is 10.7. The Morgan fingerprint density at radius 3 is 2.54 bits per heavy atom. The fraction of sp³-hybridized carbons (Fsp3) is 0.400. The molecule has 1 aromatic rings. The van der Waals surface area contributed by atoms with E-state index in [0.717, 1.165) is 29.5 Å². The molecule has 0 spiro atoms. The van der Waals surface area contributed by atoms with Gasteiger partial charge in [0, 0.05) is 31.4 Å². The lowest BCUT2D eigenvalue weighted by Gasteiger charge is -2.25. The predicted molar refractivity (Wildman–Crippen MR) is 93.1 cm³/mol. The number of ether oxygens (including phenoxy) is 2. The van der Waals surface area contributed by atoms with E-state index < -0.39 is 0 Å². The van der Waals surface area contributed by atoms with E-state index >= 15 is 0 Å². The summed E-state index contributed by atoms with van der Waals surface area (Å²) in [6.07, 6.45) is 6.06. The van der Waals surface area contributed by atoms with Gasteiger partial charge in [0.05, 0.1) is 0 Å². The molecule has 4 heteroatoms. The number of benzene rings is 1. The van der Waals surface area contributed by atoms with Gasteiger partial charge in [0.1, 0.15) is 11.9 Å². The lowest BCUT2D eigenvalue weighted by Crippen LogP contribution is -2.15. The molecule has 0 saturated carbocycles. The molecule has 1 unspecified atom stereocenters. The maximum atomic E-state index is 11.4. The molecule has 128 valence electrons. The molecule has 0 heterocycles. The Labute approximate surface area is 143 Å². The predicted octanol–water partition coefficient (Wildman–Crippen LogP) is 4.50. The summed E-state index contributed by atoms with van der Waals surface area (Å²) in [5.74, 6) is -0.124. The minimum atomic E-state index is -0.354. The minimum absolute atomic E-state index is 0.317. The van der Waals surface area contributed by atoms with Gasteiger partial charge in [0.25, 0.3) is 0 Å². The fourth-order valence-corrected chi connectivity index (χ4v) is 2.80. The van der Waals surface area contributed by atoms with Crippen molar-refractivity contribution in [3.63, 3.8) is 0 Å². The van der Waals surface area contributed by atoms with Gasteiger partial charge in [-0.1, -0.05) is 23.8 Å². The first-order valence-corrected chi connectivity index (χ1v) is 8.19. The van der Waals surface area contributed by atoms with Crippen LogP contribution >= 0.6 is 0 Å². The van der Waals surface area contributed by atoms with Crippen molar-refractivity contribution in [1.82, 2.24) is 0 Å². The molecule has 1 aromatic carbocycles. The quantitative estimate of drug-likeness (QED) is 0.590. The van der Waals surface area contributed by atoms with Crippen LogP contribution in [-0.2, 0) is 25.5 Å². The molecular formula is C20H24O4. The first-order chi connectivity index (χ1) is 11.4. The van der Waals surface area contributed by atoms with Crippen LogP contribution in [-0.4, -0.2) is 11.9 Å². The van der Waals surface area contributed by atoms with E-state index in [4.69, 9.17) is 9.47 Å². The number of rotatable bonds is 5. The maximum Gasteiger partial charge on any atom is 0.308 e. The van der Waals surface area contributed by atoms with Gasteiger partial charge in [-0.3, -0.25) is 9.59 Å². The average Bonchev–Trinajstić information content (AvgIpc) is 2.48. The Hall–Kier alpha value is -2.36. The summed E-state index contributed by atoms with van der Waals surface area (Å²) in [5.41, 5.74) is 4.17. The molecule has 24 heavy (non-hydrogen) atoms. The highest BCUT2D eigenvalue weighted by Gasteiger charge is 2.25. The van der Waals surface area contributed by atoms with E-state index in [-0.39, 0.29) is 18.0 Å². The van der Waals surface area contributed by atoms with E-state index in [1.165, 1.54) is 19.4 Å². The normalized spacial score (nSPS) is 15.8. The SMILES string of the molecule is CC(=O)OC1=CCC(OC(C)=O)c2ccc(CCC=C(C)C)cc21. The third kappa shape index (κ3) is 4.82. The van der Waals surface area contributed by atoms with Gasteiger partial charge < -0.3 is 9.47 Å². The van der Waals surface area contributed by atoms with Gasteiger partial charge in [-0.25, -0.2) is 0 Å². The standard InChI is InChI=1S/C20H24O4/c1-13(2)6-5-7-16-8-9-17-18(12-16)20(24-15(4)22)11-10-19(17)23-14(3)21/h6,8-9,11-12,19H,5,7,10H2,1-4H3. The third-order valence-electron chi connectivity index (χ3n) is 3.79. The Balaban J connectivity index is 2.31. The minimum Gasteiger partial charge on any atom is -0.457 e. The lowest BCUT2D eigenvalue weighted by molar-refractivity contribution is -0.146. The second-order valence-electron chi connectivity index (χ2n) is 6.24. The van der Waals surface area contributed by atoms with E-state index in [2.05, 4.69) is 19.9 Å². The number of allylic oxidation sites excluding steroid dienone is 2. The van der Waals surface area contributed by atoms with Gasteiger partial charge >= 0.3 is 11.9 Å². The molecule has 4 nitrogen and oxygen atoms in total. The highest BCUT2D eigenvalue weighted by Crippen LogP contribution is 2.36. The molecule has 0 fully saturated rings. The van der Waals surface area contributed by atoms with Crippen molar-refractivity contribution in [2.75, 3.05) is 0 Å². The summed E-state index contributed by atoms with van der Waals surface area (Å²) in [5, 5.41) is 0. The molecule has 2 rings (SSSR count). The topological polar surface area (TPSA) is 52.6 Å². The molecule has 0 N–H and O–H groups in total. The van der Waals surface area contributed by atoms with E-state index in [1.807, 2.05) is 24.3 Å². The molecule has 0 radical (unpaired) electrons. The van der Waals surface area contributed by atoms with Gasteiger partial charge in [-0.15, -0.1) is 0 Å². The van der Waals surface area contributed by atoms with Crippen LogP contribution < -0.4 is 0 Å². The highest BCUT2D eigenvalue weighted by molar-refractivity contribution is 5.78. The zero-order chi connectivity index (χ0) is 17.7. The molecule has 0 amide bonds. The molecule has 1 aliphatic carbocycles. The molecule has 0 saturated heterocycles. The summed E-state index contributed by atoms with van der Waals surface area (Å²) in [6.45, 7) is 6.95. The van der Waals surface area contributed by atoms with Crippen LogP contribution in [0.25, 0.3) is 5.76 Å². The smallest absolute Gasteiger partial charge is 0.308 e. The van der Waals surface area contributed by atoms with Crippen molar-refractivity contribution in [2.24, 2.45) is 0 Å². The van der Waals surface area contributed by atoms with Crippen LogP contribution in [0.1, 0.15) is 63.3 Å². The second-order valence-corrected chi connectivity index (χ2v) is 6.24. The van der Waals surface area contributed by atoms with Gasteiger partial charge in [-0.05, 0) is 44.4 Å². The Morgan fingerprint density at radius 1 is 1.17 bits per heavy atom. The number of hydrogen-bond donors (Lipinski definition) is 0. The monoisotopic (exact) mass is 328 g/mol. The Bertz CT molecular complexity index is 694. The largest absolute Gasteiger partial charge is 0.457 e. The van der Waals surface area contributed by atoms with Crippen LogP contribution in [0.2, 0.25) is 0 Å². The Kier molecular flexibility index (Phi) is 5.96. The van der Waals surface area contributed by atoms with Gasteiger partial charge in [0.2, 0.25) is 0 Å². The van der Waals surface area contributed by atoms with Gasteiger partial charge in [-0.2, -0.15) is 0 Å². The molecule has 0 aliphatic heterocycles. The number of fused-ring (bicyclic) bond motifs is 1. The molecule has 1 atom stereocenters. The van der Waals surface area contributed by atoms with Crippen LogP contribution in [0.4, 0.5) is 0 Å². The zero-order valence-electron chi connectivity index (χ0n) is 14.7. The molecule has 1 aliphatic rings. The number of esters is 2. The fourth-order valence-electron chi connectivity index (χ4n) is 2.80. The summed E-state index contributed by atoms with van der Waals surface area (Å²) in [4.78, 5) is 22.7. The maximum absolute atomic E-state index is 11.4. The number of hydrogen-bond acceptors (Lipinski definition) is 4. The summed E-state index contributed by atoms with van der Waals surface area (Å²) >= 11 is 0. The highest BCUT2D eigenvalue weighted by atomic mass is 16.5. The van der Waals surface area contributed by atoms with Crippen LogP contribution in [0.3, 0.4) is 0 Å². The third-order valence-corrected chi connectivity index (χ3v) is 3.79. The lowest BCUT2D eigenvalue weighted by atomic mass is 9.90. The first kappa shape index (κ1) is 18.0. The summed E-state index contributed by atoms with van der Waals surface area (Å²) in [6, 6.07) is 6.04. The van der Waals surface area contributed by atoms with E-state index in [1.54, 1.807) is 0 Å². The van der Waals surface area contributed by atoms with Crippen molar-refractivity contribution in [1.29, 1.82) is 0 Å². The van der Waals surface area contributed by atoms with Crippen LogP contribution in [0, 0.1) is 0 Å². The molecular weight excluding hydrogens is 304 g/mol. The number of carbonyl (C=O) groups excluding carboxylic acids is 2. The molecule has 0 bridgehead atoms. The molecule has 0 aromatic heterocycles. The van der Waals surface area contributed by atoms with E-state index in [0.29, 0.717) is 12.2 Å². The zero-order valence-corrected chi connectivity index (χ0v) is 14.7. The summed E-state index contributed by atoms with van der Waals surface area (Å²) in [7, 11) is 0. The van der Waals surface area contributed by atoms with Crippen LogP contribution in [0.15, 0.2) is 35.9 Å². The number of aryl methyl sites for hydroxylation is 1. The average molecular weight is 328 g/mol. The van der Waals surface area contributed by atoms with Crippen molar-refractivity contribution in [2.45, 2.75) is 53.1 Å². The van der Waals surface area contributed by atoms with E-state index in [9.17, 15) is 9.59 Å². The van der Waals surface area contributed by atoms with Crippen molar-refractivity contribution < 1.29 is 19.1 Å². The van der Waals surface area contributed by atoms with Crippen molar-refractivity contribution in [3.8, 4) is 0 Å². The number of carbonyl (C=O) groups is 2. The van der Waals surface area contributed by atoms with Crippen LogP contribution in [0.5, 0.6) is 0 Å². The second kappa shape index (κ2) is 7.95. The first-order valence-electron chi connectivity index (χ1n) is 8.19. The van der Waals surface area contributed by atoms with Gasteiger partial charge in [0.15, 0.2) is 0 Å². The van der Waals surface area contributed by atoms with Crippen molar-refractivity contribution in [3.05, 3.63) is 52.6 Å².